The maximum atomic E-state index is 6.28. The molecule has 4 nitrogen and oxygen atoms in total. The number of hydrogen-bond donors (Lipinski definition) is 0. The van der Waals surface area contributed by atoms with Crippen molar-refractivity contribution in [3.05, 3.63) is 107 Å². The van der Waals surface area contributed by atoms with Crippen LogP contribution >= 0.6 is 11.3 Å². The van der Waals surface area contributed by atoms with Crippen LogP contribution in [0.3, 0.4) is 0 Å². The Kier molecular flexibility index (Phi) is 5.04. The van der Waals surface area contributed by atoms with Crippen LogP contribution in [0.5, 0.6) is 0 Å². The molecule has 0 saturated heterocycles. The molecule has 7 aromatic rings. The topological polar surface area (TPSA) is 51.8 Å². The number of fused-ring (bicyclic) bond motifs is 6. The highest BCUT2D eigenvalue weighted by atomic mass is 32.1. The first-order valence-corrected chi connectivity index (χ1v) is 13.8. The molecule has 0 bridgehead atoms. The molecule has 3 aromatic heterocycles. The monoisotopic (exact) mass is 517 g/mol. The number of nitrogens with zero attached hydrogens (tertiary/aromatic N) is 3. The molecular weight excluding hydrogens is 497 g/mol. The molecular formula is C33H20BN3OS. The second kappa shape index (κ2) is 8.75. The standard InChI is InChI=1S/C33H20BN3OS/c34-21-14-16-28-25(18-21)30-24(10-6-12-29(30)39-28)33-36-31(19-7-2-1-3-8-19)35-32(37-33)20-13-15-23-22-9-4-5-11-26(22)38-27(23)17-20/h1-13,15,17-18H,14,16H2. The summed E-state index contributed by atoms with van der Waals surface area (Å²) in [7, 11) is 6.28. The Balaban J connectivity index is 1.37. The van der Waals surface area contributed by atoms with Crippen molar-refractivity contribution in [2.45, 2.75) is 12.8 Å². The van der Waals surface area contributed by atoms with Gasteiger partial charge in [0.05, 0.1) is 0 Å². The van der Waals surface area contributed by atoms with E-state index in [0.717, 1.165) is 62.3 Å². The van der Waals surface area contributed by atoms with E-state index in [1.807, 2.05) is 65.9 Å². The molecule has 0 N–H and O–H groups in total. The number of thiophene rings is 1. The van der Waals surface area contributed by atoms with Crippen molar-refractivity contribution in [2.24, 2.45) is 0 Å². The van der Waals surface area contributed by atoms with E-state index >= 15 is 0 Å². The first kappa shape index (κ1) is 22.4. The number of para-hydroxylation sites is 1. The van der Waals surface area contributed by atoms with Crippen LogP contribution in [-0.2, 0) is 6.42 Å². The molecule has 0 saturated carbocycles. The molecule has 6 heteroatoms. The van der Waals surface area contributed by atoms with E-state index in [-0.39, 0.29) is 0 Å². The molecule has 1 aliphatic rings. The highest BCUT2D eigenvalue weighted by Crippen LogP contribution is 2.42. The third-order valence-corrected chi connectivity index (χ3v) is 8.58. The van der Waals surface area contributed by atoms with Crippen molar-refractivity contribution in [3.63, 3.8) is 0 Å². The smallest absolute Gasteiger partial charge is 0.164 e. The van der Waals surface area contributed by atoms with Crippen molar-refractivity contribution in [1.82, 2.24) is 15.0 Å². The predicted molar refractivity (Wildman–Crippen MR) is 161 cm³/mol. The Morgan fingerprint density at radius 1 is 0.667 bits per heavy atom. The summed E-state index contributed by atoms with van der Waals surface area (Å²) in [5.74, 6) is 1.89. The Morgan fingerprint density at radius 2 is 1.44 bits per heavy atom. The zero-order chi connectivity index (χ0) is 25.9. The molecule has 0 atom stereocenters. The highest BCUT2D eigenvalue weighted by Gasteiger charge is 2.21. The zero-order valence-electron chi connectivity index (χ0n) is 20.9. The van der Waals surface area contributed by atoms with E-state index < -0.39 is 0 Å². The lowest BCUT2D eigenvalue weighted by molar-refractivity contribution is 0.669. The molecule has 0 amide bonds. The lowest BCUT2D eigenvalue weighted by Gasteiger charge is -2.12. The van der Waals surface area contributed by atoms with Gasteiger partial charge in [-0.15, -0.1) is 16.8 Å². The predicted octanol–water partition coefficient (Wildman–Crippen LogP) is 8.44. The summed E-state index contributed by atoms with van der Waals surface area (Å²) in [5.41, 5.74) is 6.60. The van der Waals surface area contributed by atoms with E-state index in [1.54, 1.807) is 0 Å². The molecule has 0 spiro atoms. The number of aryl methyl sites for hydroxylation is 1. The van der Waals surface area contributed by atoms with Crippen LogP contribution in [0.4, 0.5) is 0 Å². The van der Waals surface area contributed by atoms with Crippen LogP contribution in [-0.4, -0.2) is 22.8 Å². The van der Waals surface area contributed by atoms with Gasteiger partial charge < -0.3 is 4.42 Å². The van der Waals surface area contributed by atoms with Crippen LogP contribution in [0.1, 0.15) is 16.9 Å². The van der Waals surface area contributed by atoms with Gasteiger partial charge >= 0.3 is 0 Å². The fourth-order valence-corrected chi connectivity index (χ4v) is 6.68. The maximum Gasteiger partial charge on any atom is 0.164 e. The molecule has 0 fully saturated rings. The summed E-state index contributed by atoms with van der Waals surface area (Å²) in [6.45, 7) is 0. The summed E-state index contributed by atoms with van der Waals surface area (Å²) < 4.78 is 7.39. The number of benzene rings is 4. The summed E-state index contributed by atoms with van der Waals surface area (Å²) in [4.78, 5) is 16.3. The molecule has 182 valence electrons. The lowest BCUT2D eigenvalue weighted by atomic mass is 9.84. The number of aromatic nitrogens is 3. The maximum absolute atomic E-state index is 6.28. The molecule has 39 heavy (non-hydrogen) atoms. The average molecular weight is 517 g/mol. The quantitative estimate of drug-likeness (QED) is 0.221. The van der Waals surface area contributed by atoms with Gasteiger partial charge in [-0.3, -0.25) is 0 Å². The van der Waals surface area contributed by atoms with Crippen LogP contribution in [0, 0.1) is 0 Å². The fraction of sp³-hybridized carbons (Fsp3) is 0.0606. The Morgan fingerprint density at radius 3 is 2.33 bits per heavy atom. The van der Waals surface area contributed by atoms with Crippen LogP contribution in [0.2, 0.25) is 0 Å². The zero-order valence-corrected chi connectivity index (χ0v) is 21.7. The first-order chi connectivity index (χ1) is 19.2. The normalized spacial score (nSPS) is 13.2. The fourth-order valence-electron chi connectivity index (χ4n) is 5.47. The van der Waals surface area contributed by atoms with Crippen LogP contribution < -0.4 is 0 Å². The Labute approximate surface area is 230 Å². The van der Waals surface area contributed by atoms with E-state index in [1.165, 1.54) is 15.1 Å². The van der Waals surface area contributed by atoms with E-state index in [4.69, 9.17) is 27.2 Å². The number of rotatable bonds is 3. The van der Waals surface area contributed by atoms with E-state index in [9.17, 15) is 0 Å². The van der Waals surface area contributed by atoms with E-state index in [0.29, 0.717) is 17.5 Å². The summed E-state index contributed by atoms with van der Waals surface area (Å²) >= 11 is 1.83. The van der Waals surface area contributed by atoms with Gasteiger partial charge in [0, 0.05) is 42.4 Å². The van der Waals surface area contributed by atoms with Crippen molar-refractivity contribution in [3.8, 4) is 34.2 Å². The van der Waals surface area contributed by atoms with E-state index in [2.05, 4.69) is 42.5 Å². The molecule has 0 unspecified atom stereocenters. The number of furan rings is 1. The van der Waals surface area contributed by atoms with Gasteiger partial charge in [-0.25, -0.2) is 15.0 Å². The Bertz CT molecular complexity index is 2090. The lowest BCUT2D eigenvalue weighted by Crippen LogP contribution is -2.01. The SMILES string of the molecule is [B]C1=Cc2c(sc3cccc(-c4nc(-c5ccccc5)nc(-c5ccc6c(c5)oc5ccccc56)n4)c23)CC1. The van der Waals surface area contributed by atoms with Gasteiger partial charge in [0.15, 0.2) is 17.5 Å². The summed E-state index contributed by atoms with van der Waals surface area (Å²) in [6, 6.07) is 30.7. The van der Waals surface area contributed by atoms with Gasteiger partial charge in [0.25, 0.3) is 0 Å². The molecule has 2 radical (unpaired) electrons. The van der Waals surface area contributed by atoms with Gasteiger partial charge in [-0.05, 0) is 42.7 Å². The van der Waals surface area contributed by atoms with Crippen molar-refractivity contribution >= 4 is 57.3 Å². The van der Waals surface area contributed by atoms with Gasteiger partial charge in [-0.2, -0.15) is 0 Å². The molecule has 4 aromatic carbocycles. The molecule has 8 rings (SSSR count). The number of allylic oxidation sites excluding steroid dienone is 1. The van der Waals surface area contributed by atoms with Gasteiger partial charge in [0.2, 0.25) is 0 Å². The minimum Gasteiger partial charge on any atom is -0.456 e. The second-order valence-electron chi connectivity index (χ2n) is 9.82. The van der Waals surface area contributed by atoms with Gasteiger partial charge in [0.1, 0.15) is 19.0 Å². The number of hydrogen-bond acceptors (Lipinski definition) is 5. The van der Waals surface area contributed by atoms with Crippen molar-refractivity contribution in [1.29, 1.82) is 0 Å². The third-order valence-electron chi connectivity index (χ3n) is 7.34. The summed E-state index contributed by atoms with van der Waals surface area (Å²) in [6.07, 6.45) is 3.98. The van der Waals surface area contributed by atoms with Gasteiger partial charge in [-0.1, -0.05) is 72.8 Å². The molecule has 1 aliphatic carbocycles. The highest BCUT2D eigenvalue weighted by molar-refractivity contribution is 7.19. The van der Waals surface area contributed by atoms with Crippen LogP contribution in [0.25, 0.3) is 72.3 Å². The van der Waals surface area contributed by atoms with Crippen LogP contribution in [0.15, 0.2) is 101 Å². The first-order valence-electron chi connectivity index (χ1n) is 13.0. The summed E-state index contributed by atoms with van der Waals surface area (Å²) in [5, 5.41) is 3.33. The minimum atomic E-state index is 0.609. The molecule has 0 aliphatic heterocycles. The van der Waals surface area contributed by atoms with Crippen molar-refractivity contribution in [2.75, 3.05) is 0 Å². The molecule has 3 heterocycles. The minimum absolute atomic E-state index is 0.609. The van der Waals surface area contributed by atoms with Crippen molar-refractivity contribution < 1.29 is 4.42 Å². The second-order valence-corrected chi connectivity index (χ2v) is 11.0. The largest absolute Gasteiger partial charge is 0.456 e. The third kappa shape index (κ3) is 3.71. The average Bonchev–Trinajstić information content (AvgIpc) is 3.55. The Hall–Kier alpha value is -4.55.